The lowest BCUT2D eigenvalue weighted by Gasteiger charge is -2.42. The van der Waals surface area contributed by atoms with Gasteiger partial charge in [-0.15, -0.1) is 0 Å². The maximum Gasteiger partial charge on any atom is 0.252 e. The van der Waals surface area contributed by atoms with Gasteiger partial charge in [-0.2, -0.15) is 0 Å². The molecule has 0 saturated carbocycles. The molecule has 0 N–H and O–H groups in total. The summed E-state index contributed by atoms with van der Waals surface area (Å²) in [5.74, 6) is 0.331. The van der Waals surface area contributed by atoms with Crippen molar-refractivity contribution in [1.29, 1.82) is 0 Å². The van der Waals surface area contributed by atoms with Gasteiger partial charge < -0.3 is 18.8 Å². The minimum atomic E-state index is -0.199. The summed E-state index contributed by atoms with van der Waals surface area (Å²) in [6, 6.07) is 49.4. The van der Waals surface area contributed by atoms with Crippen LogP contribution in [0.4, 0.5) is 28.4 Å². The summed E-state index contributed by atoms with van der Waals surface area (Å²) in [4.78, 5) is 5.14. The molecule has 2 aliphatic heterocycles. The van der Waals surface area contributed by atoms with Crippen molar-refractivity contribution in [3.05, 3.63) is 185 Å². The largest absolute Gasteiger partial charge is 0.454 e. The van der Waals surface area contributed by atoms with E-state index in [0.29, 0.717) is 5.92 Å². The molecule has 0 spiro atoms. The highest BCUT2D eigenvalue weighted by Crippen LogP contribution is 2.56. The lowest BCUT2D eigenvalue weighted by molar-refractivity contribution is 0.587. The van der Waals surface area contributed by atoms with Crippen LogP contribution in [0.3, 0.4) is 0 Å². The molecule has 0 fully saturated rings. The van der Waals surface area contributed by atoms with Gasteiger partial charge in [-0.3, -0.25) is 0 Å². The van der Waals surface area contributed by atoms with Crippen LogP contribution in [0.25, 0.3) is 49.8 Å². The molecule has 0 bridgehead atoms. The molecule has 0 radical (unpaired) electrons. The number of allylic oxidation sites excluding steroid dienone is 4. The van der Waals surface area contributed by atoms with E-state index in [9.17, 15) is 0 Å². The molecule has 0 saturated heterocycles. The van der Waals surface area contributed by atoms with E-state index in [2.05, 4.69) is 250 Å². The Morgan fingerprint density at radius 1 is 0.639 bits per heavy atom. The minimum absolute atomic E-state index is 0.0212. The summed E-state index contributed by atoms with van der Waals surface area (Å²) in [6.07, 6.45) is 7.87. The molecule has 4 aliphatic rings. The zero-order chi connectivity index (χ0) is 50.1. The first kappa shape index (κ1) is 44.9. The van der Waals surface area contributed by atoms with Crippen molar-refractivity contribution >= 4 is 84.4 Å². The summed E-state index contributed by atoms with van der Waals surface area (Å²) in [7, 11) is 0. The average molecular weight is 940 g/mol. The molecule has 4 heterocycles. The molecule has 0 amide bonds. The zero-order valence-corrected chi connectivity index (χ0v) is 44.5. The van der Waals surface area contributed by atoms with Gasteiger partial charge >= 0.3 is 0 Å². The molecule has 9 aromatic rings. The molecule has 358 valence electrons. The van der Waals surface area contributed by atoms with Crippen LogP contribution >= 0.6 is 0 Å². The summed E-state index contributed by atoms with van der Waals surface area (Å²) in [5, 5.41) is 3.64. The van der Waals surface area contributed by atoms with Crippen LogP contribution in [-0.4, -0.2) is 11.3 Å². The highest BCUT2D eigenvalue weighted by Gasteiger charge is 2.48. The van der Waals surface area contributed by atoms with Gasteiger partial charge in [-0.25, -0.2) is 0 Å². The molecule has 2 aliphatic carbocycles. The third kappa shape index (κ3) is 6.31. The van der Waals surface area contributed by atoms with Crippen LogP contribution in [0.5, 0.6) is 0 Å². The maximum absolute atomic E-state index is 7.26. The average Bonchev–Trinajstić information content (AvgIpc) is 3.97. The fourth-order valence-corrected chi connectivity index (χ4v) is 13.0. The van der Waals surface area contributed by atoms with Gasteiger partial charge in [0.15, 0.2) is 5.58 Å². The number of nitrogens with zero attached hydrogens (tertiary/aromatic N) is 3. The highest BCUT2D eigenvalue weighted by atomic mass is 16.3. The van der Waals surface area contributed by atoms with Crippen LogP contribution < -0.4 is 26.2 Å². The second-order valence-electron chi connectivity index (χ2n) is 25.1. The maximum atomic E-state index is 7.26. The van der Waals surface area contributed by atoms with E-state index < -0.39 is 0 Å². The van der Waals surface area contributed by atoms with E-state index in [1.165, 1.54) is 100 Å². The topological polar surface area (TPSA) is 24.6 Å². The number of benzene rings is 7. The number of para-hydroxylation sites is 2. The van der Waals surface area contributed by atoms with Crippen LogP contribution in [0.2, 0.25) is 0 Å². The first-order chi connectivity index (χ1) is 34.2. The van der Waals surface area contributed by atoms with Gasteiger partial charge in [-0.05, 0) is 134 Å². The van der Waals surface area contributed by atoms with Gasteiger partial charge in [0, 0.05) is 72.7 Å². The highest BCUT2D eigenvalue weighted by molar-refractivity contribution is 7.00. The van der Waals surface area contributed by atoms with Crippen LogP contribution in [0, 0.1) is 12.8 Å². The number of aromatic nitrogens is 1. The number of furan rings is 1. The SMILES string of the molecule is Cc1ccccc1N(C1=CC=CCC1C)c1ccc2c(c1)N(c1cccc3c1oc1cc(C(C)(C)C)ccc13)c1cc(C(C)(C)C)cc3c1B2c1cc(C(C)(C)C)cc2c4c(n-3c12)-c1ccccc1C4(C)C. The predicted molar refractivity (Wildman–Crippen MR) is 308 cm³/mol. The van der Waals surface area contributed by atoms with E-state index in [1.807, 2.05) is 0 Å². The fourth-order valence-electron chi connectivity index (χ4n) is 13.0. The quantitative estimate of drug-likeness (QED) is 0.164. The third-order valence-electron chi connectivity index (χ3n) is 16.9. The van der Waals surface area contributed by atoms with Crippen molar-refractivity contribution in [2.45, 2.75) is 118 Å². The summed E-state index contributed by atoms with van der Waals surface area (Å²) in [6.45, 7) is 30.6. The van der Waals surface area contributed by atoms with E-state index in [1.54, 1.807) is 0 Å². The second-order valence-corrected chi connectivity index (χ2v) is 25.1. The second kappa shape index (κ2) is 15.0. The molecular formula is C67H66BN3O. The molecule has 5 heteroatoms. The zero-order valence-electron chi connectivity index (χ0n) is 44.5. The predicted octanol–water partition coefficient (Wildman–Crippen LogP) is 16.3. The summed E-state index contributed by atoms with van der Waals surface area (Å²) < 4.78 is 9.97. The Balaban J connectivity index is 1.19. The third-order valence-corrected chi connectivity index (χ3v) is 16.9. The van der Waals surface area contributed by atoms with Gasteiger partial charge in [0.2, 0.25) is 0 Å². The van der Waals surface area contributed by atoms with Gasteiger partial charge in [0.1, 0.15) is 5.58 Å². The van der Waals surface area contributed by atoms with E-state index in [-0.39, 0.29) is 28.4 Å². The molecule has 7 aromatic carbocycles. The number of fused-ring (bicyclic) bond motifs is 12. The first-order valence-corrected chi connectivity index (χ1v) is 26.4. The van der Waals surface area contributed by atoms with E-state index in [4.69, 9.17) is 4.42 Å². The lowest BCUT2D eigenvalue weighted by atomic mass is 9.33. The van der Waals surface area contributed by atoms with Gasteiger partial charge in [-0.1, -0.05) is 174 Å². The Labute approximate surface area is 426 Å². The van der Waals surface area contributed by atoms with Crippen molar-refractivity contribution < 1.29 is 4.42 Å². The smallest absolute Gasteiger partial charge is 0.252 e. The standard InChI is InChI=1S/C67H66BN3O/c1-39-21-14-18-26-52(39)69(53-27-19-15-22-40(53)2)44-30-32-50-55(38-44)70(54-28-20-24-46-45-31-29-41(64(3,4)5)37-58(45)72-63(46)54)56-35-43(66(9,10)11)36-57-60(56)68(50)51-34-42(65(6,7)8)33-48-59-62(71(57)61(48)51)47-23-16-17-25-49(47)67(59,12)13/h14-21,23-38,40H,22H2,1-13H3. The van der Waals surface area contributed by atoms with Crippen molar-refractivity contribution in [3.8, 4) is 16.9 Å². The molecule has 13 rings (SSSR count). The molecular weight excluding hydrogens is 874 g/mol. The van der Waals surface area contributed by atoms with Crippen molar-refractivity contribution in [2.75, 3.05) is 9.80 Å². The number of anilines is 5. The Morgan fingerprint density at radius 3 is 2.11 bits per heavy atom. The number of aryl methyl sites for hydroxylation is 1. The van der Waals surface area contributed by atoms with Crippen LogP contribution in [-0.2, 0) is 21.7 Å². The lowest BCUT2D eigenvalue weighted by Crippen LogP contribution is -2.60. The normalized spacial score (nSPS) is 16.6. The first-order valence-electron chi connectivity index (χ1n) is 26.4. The van der Waals surface area contributed by atoms with Gasteiger partial charge in [0.05, 0.1) is 11.4 Å². The molecule has 1 unspecified atom stereocenters. The Kier molecular flexibility index (Phi) is 9.39. The summed E-state index contributed by atoms with van der Waals surface area (Å²) >= 11 is 0. The van der Waals surface area contributed by atoms with Crippen LogP contribution in [0.15, 0.2) is 156 Å². The Bertz CT molecular complexity index is 3870. The Hall–Kier alpha value is -6.98. The molecule has 4 nitrogen and oxygen atoms in total. The van der Waals surface area contributed by atoms with Crippen LogP contribution in [0.1, 0.15) is 123 Å². The minimum Gasteiger partial charge on any atom is -0.454 e. The molecule has 1 atom stereocenters. The number of hydrogen-bond donors (Lipinski definition) is 0. The monoisotopic (exact) mass is 940 g/mol. The van der Waals surface area contributed by atoms with Crippen molar-refractivity contribution in [2.24, 2.45) is 5.92 Å². The van der Waals surface area contributed by atoms with Crippen molar-refractivity contribution in [1.82, 2.24) is 4.57 Å². The molecule has 72 heavy (non-hydrogen) atoms. The Morgan fingerprint density at radius 2 is 1.36 bits per heavy atom. The summed E-state index contributed by atoms with van der Waals surface area (Å²) in [5.41, 5.74) is 25.8. The number of hydrogen-bond acceptors (Lipinski definition) is 3. The van der Waals surface area contributed by atoms with E-state index in [0.717, 1.165) is 39.7 Å². The molecule has 2 aromatic heterocycles. The fraction of sp³-hybridized carbons (Fsp3) is 0.284. The van der Waals surface area contributed by atoms with E-state index >= 15 is 0 Å². The van der Waals surface area contributed by atoms with Crippen molar-refractivity contribution in [3.63, 3.8) is 0 Å². The van der Waals surface area contributed by atoms with Gasteiger partial charge in [0.25, 0.3) is 6.71 Å². The number of rotatable bonds is 4.